The third kappa shape index (κ3) is 3.31. The van der Waals surface area contributed by atoms with Gasteiger partial charge in [0, 0.05) is 18.0 Å². The Kier molecular flexibility index (Phi) is 3.26. The molecule has 0 aliphatic heterocycles. The van der Waals surface area contributed by atoms with Crippen molar-refractivity contribution in [1.82, 2.24) is 10.2 Å². The summed E-state index contributed by atoms with van der Waals surface area (Å²) in [5.74, 6) is 0. The summed E-state index contributed by atoms with van der Waals surface area (Å²) in [6.07, 6.45) is 2.45. The summed E-state index contributed by atoms with van der Waals surface area (Å²) >= 11 is 6.22. The van der Waals surface area contributed by atoms with E-state index < -0.39 is 0 Å². The van der Waals surface area contributed by atoms with E-state index in [2.05, 4.69) is 31.0 Å². The van der Waals surface area contributed by atoms with Crippen molar-refractivity contribution >= 4 is 11.6 Å². The lowest BCUT2D eigenvalue weighted by Gasteiger charge is -2.24. The maximum atomic E-state index is 6.22. The highest BCUT2D eigenvalue weighted by Gasteiger charge is 2.22. The molecular weight excluding hydrogens is 184 g/mol. The van der Waals surface area contributed by atoms with Gasteiger partial charge >= 0.3 is 0 Å². The van der Waals surface area contributed by atoms with Gasteiger partial charge in [0.05, 0.1) is 5.69 Å². The summed E-state index contributed by atoms with van der Waals surface area (Å²) in [6.45, 7) is 6.38. The predicted molar refractivity (Wildman–Crippen MR) is 54.8 cm³/mol. The molecule has 0 amide bonds. The van der Waals surface area contributed by atoms with E-state index in [-0.39, 0.29) is 10.8 Å². The lowest BCUT2D eigenvalue weighted by atomic mass is 9.89. The number of hydrogen-bond donors (Lipinski definition) is 0. The largest absolute Gasteiger partial charge is 0.159 e. The van der Waals surface area contributed by atoms with Gasteiger partial charge in [-0.1, -0.05) is 20.8 Å². The minimum absolute atomic E-state index is 0.101. The highest BCUT2D eigenvalue weighted by Crippen LogP contribution is 2.26. The first-order valence-corrected chi connectivity index (χ1v) is 4.84. The van der Waals surface area contributed by atoms with Crippen LogP contribution in [0, 0.1) is 5.41 Å². The van der Waals surface area contributed by atoms with Crippen molar-refractivity contribution < 1.29 is 0 Å². The normalized spacial score (nSPS) is 14.2. The summed E-state index contributed by atoms with van der Waals surface area (Å²) in [7, 11) is 0. The fourth-order valence-corrected chi connectivity index (χ4v) is 1.09. The first kappa shape index (κ1) is 10.5. The van der Waals surface area contributed by atoms with E-state index in [4.69, 9.17) is 11.6 Å². The number of alkyl halides is 1. The van der Waals surface area contributed by atoms with E-state index in [9.17, 15) is 0 Å². The first-order valence-electron chi connectivity index (χ1n) is 4.41. The molecule has 0 aliphatic carbocycles. The Balaban J connectivity index is 2.61. The summed E-state index contributed by atoms with van der Waals surface area (Å²) in [5, 5.41) is 7.91. The highest BCUT2D eigenvalue weighted by atomic mass is 35.5. The molecule has 13 heavy (non-hydrogen) atoms. The van der Waals surface area contributed by atoms with Crippen molar-refractivity contribution in [3.05, 3.63) is 24.0 Å². The predicted octanol–water partition coefficient (Wildman–Crippen LogP) is 2.67. The number of aromatic nitrogens is 2. The second kappa shape index (κ2) is 4.05. The molecule has 0 radical (unpaired) electrons. The summed E-state index contributed by atoms with van der Waals surface area (Å²) in [6, 6.07) is 3.84. The van der Waals surface area contributed by atoms with Gasteiger partial charge in [-0.05, 0) is 17.5 Å². The molecule has 0 saturated heterocycles. The molecule has 1 unspecified atom stereocenters. The van der Waals surface area contributed by atoms with E-state index in [0.29, 0.717) is 0 Å². The lowest BCUT2D eigenvalue weighted by Crippen LogP contribution is -2.23. The van der Waals surface area contributed by atoms with Gasteiger partial charge in [0.2, 0.25) is 0 Å². The molecule has 1 aromatic rings. The number of rotatable bonds is 2. The van der Waals surface area contributed by atoms with Gasteiger partial charge in [-0.25, -0.2) is 0 Å². The molecule has 0 aromatic carbocycles. The molecule has 0 spiro atoms. The van der Waals surface area contributed by atoms with Crippen LogP contribution in [0.4, 0.5) is 0 Å². The van der Waals surface area contributed by atoms with E-state index in [1.807, 2.05) is 12.1 Å². The molecule has 1 heterocycles. The summed E-state index contributed by atoms with van der Waals surface area (Å²) < 4.78 is 0. The highest BCUT2D eigenvalue weighted by molar-refractivity contribution is 6.21. The van der Waals surface area contributed by atoms with Crippen LogP contribution >= 0.6 is 11.6 Å². The van der Waals surface area contributed by atoms with Gasteiger partial charge in [-0.15, -0.1) is 11.6 Å². The van der Waals surface area contributed by atoms with E-state index in [1.54, 1.807) is 6.20 Å². The topological polar surface area (TPSA) is 25.8 Å². The zero-order valence-electron chi connectivity index (χ0n) is 8.29. The smallest absolute Gasteiger partial charge is 0.0646 e. The van der Waals surface area contributed by atoms with Crippen LogP contribution in [0.25, 0.3) is 0 Å². The Morgan fingerprint density at radius 2 is 2.15 bits per heavy atom. The summed E-state index contributed by atoms with van der Waals surface area (Å²) in [4.78, 5) is 0. The molecule has 0 aliphatic rings. The Bertz CT molecular complexity index is 253. The van der Waals surface area contributed by atoms with Crippen LogP contribution < -0.4 is 0 Å². The van der Waals surface area contributed by atoms with Crippen molar-refractivity contribution in [1.29, 1.82) is 0 Å². The lowest BCUT2D eigenvalue weighted by molar-refractivity contribution is 0.384. The van der Waals surface area contributed by atoms with Crippen LogP contribution in [0.5, 0.6) is 0 Å². The van der Waals surface area contributed by atoms with Gasteiger partial charge in [0.1, 0.15) is 0 Å². The molecule has 1 rings (SSSR count). The molecule has 0 N–H and O–H groups in total. The van der Waals surface area contributed by atoms with Gasteiger partial charge in [0.15, 0.2) is 0 Å². The quantitative estimate of drug-likeness (QED) is 0.683. The van der Waals surface area contributed by atoms with Crippen molar-refractivity contribution in [3.8, 4) is 0 Å². The maximum Gasteiger partial charge on any atom is 0.0646 e. The Labute approximate surface area is 84.3 Å². The fourth-order valence-electron chi connectivity index (χ4n) is 0.932. The van der Waals surface area contributed by atoms with Gasteiger partial charge in [-0.2, -0.15) is 10.2 Å². The van der Waals surface area contributed by atoms with E-state index in [1.165, 1.54) is 0 Å². The van der Waals surface area contributed by atoms with Crippen molar-refractivity contribution in [3.63, 3.8) is 0 Å². The fraction of sp³-hybridized carbons (Fsp3) is 0.600. The number of nitrogens with zero attached hydrogens (tertiary/aromatic N) is 2. The third-order valence-electron chi connectivity index (χ3n) is 1.96. The molecule has 0 bridgehead atoms. The van der Waals surface area contributed by atoms with Crippen molar-refractivity contribution in [2.24, 2.45) is 5.41 Å². The molecule has 0 saturated carbocycles. The zero-order chi connectivity index (χ0) is 9.90. The molecule has 2 nitrogen and oxygen atoms in total. The Morgan fingerprint density at radius 3 is 2.62 bits per heavy atom. The second-order valence-corrected chi connectivity index (χ2v) is 4.78. The van der Waals surface area contributed by atoms with Crippen LogP contribution in [0.3, 0.4) is 0 Å². The van der Waals surface area contributed by atoms with Gasteiger partial charge in [0.25, 0.3) is 0 Å². The monoisotopic (exact) mass is 198 g/mol. The van der Waals surface area contributed by atoms with Crippen molar-refractivity contribution in [2.75, 3.05) is 0 Å². The number of hydrogen-bond acceptors (Lipinski definition) is 2. The molecular formula is C10H15ClN2. The van der Waals surface area contributed by atoms with Crippen molar-refractivity contribution in [2.45, 2.75) is 32.6 Å². The van der Waals surface area contributed by atoms with Crippen LogP contribution in [-0.4, -0.2) is 15.6 Å². The molecule has 72 valence electrons. The average molecular weight is 199 g/mol. The van der Waals surface area contributed by atoms with E-state index >= 15 is 0 Å². The molecule has 3 heteroatoms. The molecule has 1 atom stereocenters. The standard InChI is InChI=1S/C10H15ClN2/c1-10(2,3)9(11)7-8-5-4-6-12-13-8/h4-6,9H,7H2,1-3H3. The Hall–Kier alpha value is -0.630. The SMILES string of the molecule is CC(C)(C)C(Cl)Cc1cccnn1. The molecule has 0 fully saturated rings. The van der Waals surface area contributed by atoms with E-state index in [0.717, 1.165) is 12.1 Å². The van der Waals surface area contributed by atoms with Crippen LogP contribution in [0.2, 0.25) is 0 Å². The van der Waals surface area contributed by atoms with Crippen LogP contribution in [0.1, 0.15) is 26.5 Å². The third-order valence-corrected chi connectivity index (χ3v) is 2.76. The minimum Gasteiger partial charge on any atom is -0.159 e. The summed E-state index contributed by atoms with van der Waals surface area (Å²) in [5.41, 5.74) is 1.07. The van der Waals surface area contributed by atoms with Crippen LogP contribution in [0.15, 0.2) is 18.3 Å². The first-order chi connectivity index (χ1) is 6.00. The van der Waals surface area contributed by atoms with Gasteiger partial charge in [-0.3, -0.25) is 0 Å². The van der Waals surface area contributed by atoms with Gasteiger partial charge < -0.3 is 0 Å². The average Bonchev–Trinajstić information content (AvgIpc) is 2.04. The minimum atomic E-state index is 0.101. The zero-order valence-corrected chi connectivity index (χ0v) is 9.04. The maximum absolute atomic E-state index is 6.22. The van der Waals surface area contributed by atoms with Crippen LogP contribution in [-0.2, 0) is 6.42 Å². The number of halogens is 1. The molecule has 1 aromatic heterocycles. The Morgan fingerprint density at radius 1 is 1.46 bits per heavy atom. The second-order valence-electron chi connectivity index (χ2n) is 4.25.